The maximum absolute atomic E-state index is 6.83. The molecule has 0 amide bonds. The molecule has 58 heavy (non-hydrogen) atoms. The van der Waals surface area contributed by atoms with Crippen molar-refractivity contribution in [3.05, 3.63) is 194 Å². The quantitative estimate of drug-likeness (QED) is 0.180. The van der Waals surface area contributed by atoms with Crippen LogP contribution in [0.4, 0.5) is 0 Å². The van der Waals surface area contributed by atoms with Gasteiger partial charge in [0.25, 0.3) is 0 Å². The first-order valence-electron chi connectivity index (χ1n) is 19.8. The molecule has 9 aromatic carbocycles. The number of para-hydroxylation sites is 6. The van der Waals surface area contributed by atoms with Crippen molar-refractivity contribution < 1.29 is 8.83 Å². The molecule has 0 fully saturated rings. The molecule has 270 valence electrons. The van der Waals surface area contributed by atoms with Crippen LogP contribution in [0.3, 0.4) is 0 Å². The van der Waals surface area contributed by atoms with Crippen LogP contribution < -0.4 is 0 Å². The van der Waals surface area contributed by atoms with Crippen LogP contribution in [0.1, 0.15) is 0 Å². The highest BCUT2D eigenvalue weighted by Gasteiger charge is 2.20. The summed E-state index contributed by atoms with van der Waals surface area (Å²) >= 11 is 0. The maximum atomic E-state index is 6.83. The van der Waals surface area contributed by atoms with Crippen molar-refractivity contribution >= 4 is 87.5 Å². The summed E-state index contributed by atoms with van der Waals surface area (Å²) in [5.41, 5.74) is 14.9. The summed E-state index contributed by atoms with van der Waals surface area (Å²) < 4.78 is 18.4. The van der Waals surface area contributed by atoms with E-state index in [-0.39, 0.29) is 0 Å². The molecule has 0 aliphatic carbocycles. The zero-order valence-corrected chi connectivity index (χ0v) is 31.2. The summed E-state index contributed by atoms with van der Waals surface area (Å²) in [4.78, 5) is 0. The Balaban J connectivity index is 0.956. The van der Waals surface area contributed by atoms with Crippen molar-refractivity contribution in [2.24, 2.45) is 0 Å². The van der Waals surface area contributed by atoms with Crippen LogP contribution in [0.2, 0.25) is 0 Å². The van der Waals surface area contributed by atoms with Crippen LogP contribution in [-0.4, -0.2) is 9.13 Å². The largest absolute Gasteiger partial charge is 0.455 e. The second-order valence-corrected chi connectivity index (χ2v) is 15.3. The summed E-state index contributed by atoms with van der Waals surface area (Å²) in [5.74, 6) is 0. The van der Waals surface area contributed by atoms with Crippen molar-refractivity contribution in [2.45, 2.75) is 0 Å². The number of nitrogens with zero attached hydrogens (tertiary/aromatic N) is 2. The molecule has 0 spiro atoms. The molecule has 13 aromatic rings. The molecule has 4 heteroatoms. The van der Waals surface area contributed by atoms with E-state index in [2.05, 4.69) is 203 Å². The van der Waals surface area contributed by atoms with Crippen molar-refractivity contribution in [3.8, 4) is 33.6 Å². The first kappa shape index (κ1) is 31.4. The topological polar surface area (TPSA) is 36.1 Å². The van der Waals surface area contributed by atoms with Crippen molar-refractivity contribution in [2.75, 3.05) is 0 Å². The molecule has 0 unspecified atom stereocenters. The number of aromatic nitrogens is 2. The van der Waals surface area contributed by atoms with Gasteiger partial charge in [0.2, 0.25) is 0 Å². The Kier molecular flexibility index (Phi) is 6.41. The second-order valence-electron chi connectivity index (χ2n) is 15.3. The lowest BCUT2D eigenvalue weighted by atomic mass is 9.99. The van der Waals surface area contributed by atoms with Gasteiger partial charge < -0.3 is 18.0 Å². The lowest BCUT2D eigenvalue weighted by Crippen LogP contribution is -1.92. The maximum Gasteiger partial charge on any atom is 0.143 e. The molecule has 0 aliphatic heterocycles. The summed E-state index contributed by atoms with van der Waals surface area (Å²) in [6.45, 7) is 0. The van der Waals surface area contributed by atoms with Gasteiger partial charge in [-0.3, -0.25) is 0 Å². The fraction of sp³-hybridized carbons (Fsp3) is 0. The molecule has 13 rings (SSSR count). The average molecular weight is 741 g/mol. The van der Waals surface area contributed by atoms with E-state index in [4.69, 9.17) is 8.83 Å². The number of hydrogen-bond donors (Lipinski definition) is 0. The highest BCUT2D eigenvalue weighted by atomic mass is 16.3. The van der Waals surface area contributed by atoms with Gasteiger partial charge in [-0.2, -0.15) is 0 Å². The van der Waals surface area contributed by atoms with Gasteiger partial charge in [-0.05, 0) is 83.9 Å². The normalized spacial score (nSPS) is 12.1. The molecule has 0 N–H and O–H groups in total. The average Bonchev–Trinajstić information content (AvgIpc) is 4.03. The van der Waals surface area contributed by atoms with E-state index in [1.807, 2.05) is 0 Å². The third-order valence-electron chi connectivity index (χ3n) is 12.1. The molecule has 0 atom stereocenters. The van der Waals surface area contributed by atoms with Crippen LogP contribution in [0.25, 0.3) is 121 Å². The lowest BCUT2D eigenvalue weighted by Gasteiger charge is -2.08. The number of benzene rings is 9. The number of furan rings is 2. The van der Waals surface area contributed by atoms with E-state index in [9.17, 15) is 0 Å². The van der Waals surface area contributed by atoms with Gasteiger partial charge in [0.1, 0.15) is 22.3 Å². The van der Waals surface area contributed by atoms with E-state index in [0.29, 0.717) is 0 Å². The monoisotopic (exact) mass is 740 g/mol. The van der Waals surface area contributed by atoms with Crippen LogP contribution >= 0.6 is 0 Å². The van der Waals surface area contributed by atoms with Gasteiger partial charge in [-0.1, -0.05) is 121 Å². The van der Waals surface area contributed by atoms with Crippen LogP contribution in [0, 0.1) is 0 Å². The molecule has 0 saturated heterocycles. The van der Waals surface area contributed by atoms with E-state index in [0.717, 1.165) is 77.5 Å². The standard InChI is InChI=1S/C54H32N2O2/c1-3-13-35(14-4-1)55-47-23-9-7-17-39(47)43-29-33(25-27-49(43)55)37-19-11-21-41-45-31-52-46(32-51(45)57-53(37)41)42-22-12-20-38(54(42)58-52)34-26-28-50-44(30-34)40-18-8-10-24-48(40)56(50)36-15-5-2-6-16-36/h1-32H. The Labute approximate surface area is 332 Å². The predicted molar refractivity (Wildman–Crippen MR) is 241 cm³/mol. The van der Waals surface area contributed by atoms with Gasteiger partial charge in [-0.25, -0.2) is 0 Å². The fourth-order valence-corrected chi connectivity index (χ4v) is 9.53. The van der Waals surface area contributed by atoms with Gasteiger partial charge in [0.15, 0.2) is 0 Å². The van der Waals surface area contributed by atoms with Gasteiger partial charge in [0, 0.05) is 65.6 Å². The summed E-state index contributed by atoms with van der Waals surface area (Å²) in [6, 6.07) is 69.3. The second kappa shape index (κ2) is 11.8. The Hall–Kier alpha value is -7.82. The third kappa shape index (κ3) is 4.40. The summed E-state index contributed by atoms with van der Waals surface area (Å²) in [6.07, 6.45) is 0. The lowest BCUT2D eigenvalue weighted by molar-refractivity contribution is 0.665. The third-order valence-corrected chi connectivity index (χ3v) is 12.1. The minimum Gasteiger partial charge on any atom is -0.455 e. The molecule has 4 aromatic heterocycles. The van der Waals surface area contributed by atoms with Gasteiger partial charge in [-0.15, -0.1) is 0 Å². The fourth-order valence-electron chi connectivity index (χ4n) is 9.53. The van der Waals surface area contributed by atoms with Crippen LogP contribution in [-0.2, 0) is 0 Å². The van der Waals surface area contributed by atoms with Crippen LogP contribution in [0.5, 0.6) is 0 Å². The molecular weight excluding hydrogens is 709 g/mol. The highest BCUT2D eigenvalue weighted by Crippen LogP contribution is 2.44. The highest BCUT2D eigenvalue weighted by molar-refractivity contribution is 6.19. The Bertz CT molecular complexity index is 3540. The molecule has 0 bridgehead atoms. The zero-order valence-electron chi connectivity index (χ0n) is 31.2. The first-order valence-corrected chi connectivity index (χ1v) is 19.8. The molecule has 4 nitrogen and oxygen atoms in total. The van der Waals surface area contributed by atoms with E-state index in [1.54, 1.807) is 0 Å². The Morgan fingerprint density at radius 3 is 1.14 bits per heavy atom. The minimum atomic E-state index is 0.847. The minimum absolute atomic E-state index is 0.847. The van der Waals surface area contributed by atoms with E-state index < -0.39 is 0 Å². The molecule has 0 aliphatic rings. The number of rotatable bonds is 4. The van der Waals surface area contributed by atoms with Crippen molar-refractivity contribution in [1.29, 1.82) is 0 Å². The van der Waals surface area contributed by atoms with Crippen molar-refractivity contribution in [3.63, 3.8) is 0 Å². The number of fused-ring (bicyclic) bond motifs is 12. The molecule has 0 saturated carbocycles. The van der Waals surface area contributed by atoms with E-state index in [1.165, 1.54) is 43.6 Å². The zero-order chi connectivity index (χ0) is 37.9. The molecule has 4 heterocycles. The van der Waals surface area contributed by atoms with E-state index >= 15 is 0 Å². The van der Waals surface area contributed by atoms with Crippen LogP contribution in [0.15, 0.2) is 203 Å². The number of hydrogen-bond acceptors (Lipinski definition) is 2. The predicted octanol–water partition coefficient (Wildman–Crippen LogP) is 15.0. The SMILES string of the molecule is c1ccc(-n2c3ccccc3c3cc(-c4cccc5c4oc4cc6c(cc45)oc4c(-c5ccc7c(c5)c5ccccc5n7-c5ccccc5)cccc46)ccc32)cc1. The first-order chi connectivity index (χ1) is 28.8. The molecule has 0 radical (unpaired) electrons. The Morgan fingerprint density at radius 1 is 0.276 bits per heavy atom. The smallest absolute Gasteiger partial charge is 0.143 e. The van der Waals surface area contributed by atoms with Crippen molar-refractivity contribution in [1.82, 2.24) is 9.13 Å². The Morgan fingerprint density at radius 2 is 0.672 bits per heavy atom. The van der Waals surface area contributed by atoms with Gasteiger partial charge in [0.05, 0.1) is 22.1 Å². The van der Waals surface area contributed by atoms with Gasteiger partial charge >= 0.3 is 0 Å². The molecular formula is C54H32N2O2. The summed E-state index contributed by atoms with van der Waals surface area (Å²) in [5, 5.41) is 9.11. The summed E-state index contributed by atoms with van der Waals surface area (Å²) in [7, 11) is 0.